The molecule has 0 saturated heterocycles. The maximum absolute atomic E-state index is 6.48. The van der Waals surface area contributed by atoms with Crippen molar-refractivity contribution < 1.29 is 35.1 Å². The molecule has 4 aromatic carbocycles. The van der Waals surface area contributed by atoms with Crippen LogP contribution in [0, 0.1) is 0 Å². The van der Waals surface area contributed by atoms with E-state index in [9.17, 15) is 0 Å². The van der Waals surface area contributed by atoms with Crippen LogP contribution in [0.25, 0.3) is 33.3 Å². The van der Waals surface area contributed by atoms with Gasteiger partial charge in [-0.15, -0.1) is 0 Å². The average molecular weight is 761 g/mol. The van der Waals surface area contributed by atoms with Crippen LogP contribution in [0.4, 0.5) is 0 Å². The molecule has 7 heteroatoms. The molecule has 0 amide bonds. The summed E-state index contributed by atoms with van der Waals surface area (Å²) >= 11 is 0. The maximum Gasteiger partial charge on any atom is 2.00 e. The van der Waals surface area contributed by atoms with Crippen molar-refractivity contribution in [3.05, 3.63) is 133 Å². The first-order valence-electron chi connectivity index (χ1n) is 14.4. The van der Waals surface area contributed by atoms with Crippen LogP contribution in [-0.4, -0.2) is 14.1 Å². The summed E-state index contributed by atoms with van der Waals surface area (Å²) in [6, 6.07) is 36.9. The Morgan fingerprint density at radius 1 is 0.682 bits per heavy atom. The van der Waals surface area contributed by atoms with Crippen molar-refractivity contribution in [1.29, 1.82) is 0 Å². The Morgan fingerprint density at radius 3 is 2.23 bits per heavy atom. The van der Waals surface area contributed by atoms with E-state index < -0.39 is 0 Å². The van der Waals surface area contributed by atoms with E-state index in [2.05, 4.69) is 73.9 Å². The minimum Gasteiger partial charge on any atom is -0.457 e. The molecule has 0 bridgehead atoms. The van der Waals surface area contributed by atoms with E-state index in [1.54, 1.807) is 0 Å². The fourth-order valence-electron chi connectivity index (χ4n) is 5.49. The molecule has 0 atom stereocenters. The molecule has 0 aliphatic carbocycles. The van der Waals surface area contributed by atoms with Crippen LogP contribution in [0.2, 0.25) is 0 Å². The largest absolute Gasteiger partial charge is 2.00 e. The minimum atomic E-state index is 0. The van der Waals surface area contributed by atoms with Crippen molar-refractivity contribution in [2.45, 2.75) is 26.2 Å². The Bertz CT molecular complexity index is 2090. The first kappa shape index (κ1) is 29.4. The van der Waals surface area contributed by atoms with Crippen molar-refractivity contribution in [3.63, 3.8) is 0 Å². The molecule has 0 N–H and O–H groups in total. The third-order valence-corrected chi connectivity index (χ3v) is 7.63. The Labute approximate surface area is 271 Å². The molecule has 0 spiro atoms. The molecular weight excluding hydrogens is 728 g/mol. The summed E-state index contributed by atoms with van der Waals surface area (Å²) in [5.41, 5.74) is 4.34. The second-order valence-electron chi connectivity index (χ2n) is 11.8. The standard InChI is InChI=1S/C37H33N4O2.Pt/c1-37(2,3)26-19-20-38-35(21-26)41-33-16-9-8-15-31(33)32-18-17-30(23-34(32)41)42-29-14-10-11-27(22-29)40-25-39(4)24-36(40)43-28-12-6-5-7-13-28;/h5-25H,1-4H3;/q+1;+2. The number of fused-ring (bicyclic) bond motifs is 3. The molecule has 44 heavy (non-hydrogen) atoms. The number of para-hydroxylation sites is 2. The molecule has 0 aliphatic rings. The fraction of sp³-hybridized carbons (Fsp3) is 0.135. The molecule has 0 radical (unpaired) electrons. The molecule has 220 valence electrons. The number of hydrogen-bond donors (Lipinski definition) is 0. The van der Waals surface area contributed by atoms with Gasteiger partial charge in [-0.1, -0.05) is 63.2 Å². The summed E-state index contributed by atoms with van der Waals surface area (Å²) in [5.74, 6) is 3.86. The van der Waals surface area contributed by atoms with Crippen LogP contribution in [0.3, 0.4) is 0 Å². The number of imidazole rings is 1. The quantitative estimate of drug-likeness (QED) is 0.160. The molecule has 0 unspecified atom stereocenters. The topological polar surface area (TPSA) is 45.1 Å². The van der Waals surface area contributed by atoms with Crippen LogP contribution < -0.4 is 14.0 Å². The summed E-state index contributed by atoms with van der Waals surface area (Å²) in [4.78, 5) is 4.80. The molecule has 3 aromatic heterocycles. The van der Waals surface area contributed by atoms with Crippen LogP contribution >= 0.6 is 0 Å². The summed E-state index contributed by atoms with van der Waals surface area (Å²) in [6.07, 6.45) is 5.84. The van der Waals surface area contributed by atoms with Crippen LogP contribution in [0.1, 0.15) is 26.3 Å². The zero-order chi connectivity index (χ0) is 29.6. The van der Waals surface area contributed by atoms with Gasteiger partial charge in [0.1, 0.15) is 28.8 Å². The van der Waals surface area contributed by atoms with Crippen LogP contribution in [-0.2, 0) is 33.5 Å². The molecule has 7 rings (SSSR count). The normalized spacial score (nSPS) is 11.5. The number of rotatable bonds is 6. The number of ether oxygens (including phenoxy) is 2. The third kappa shape index (κ3) is 5.66. The van der Waals surface area contributed by atoms with E-state index >= 15 is 0 Å². The van der Waals surface area contributed by atoms with Gasteiger partial charge in [0.15, 0.2) is 6.20 Å². The van der Waals surface area contributed by atoms with E-state index in [4.69, 9.17) is 14.5 Å². The molecule has 0 fully saturated rings. The van der Waals surface area contributed by atoms with E-state index in [0.717, 1.165) is 45.2 Å². The summed E-state index contributed by atoms with van der Waals surface area (Å²) in [5, 5.41) is 2.34. The Kier molecular flexibility index (Phi) is 7.87. The summed E-state index contributed by atoms with van der Waals surface area (Å²) < 4.78 is 18.9. The SMILES string of the molecule is C[n+]1cc(Oc2ccccc2)n(-c2cccc(Oc3ccc4c5ccccc5n(-c5cc(C(C)(C)C)ccn5)c4c3)c2)c1.[Pt+2]. The number of aryl methyl sites for hydroxylation is 1. The Morgan fingerprint density at radius 2 is 1.41 bits per heavy atom. The Balaban J connectivity index is 0.00000343. The van der Waals surface area contributed by atoms with E-state index in [1.165, 1.54) is 10.9 Å². The molecule has 3 heterocycles. The number of hydrogen-bond acceptors (Lipinski definition) is 3. The Hall–Kier alpha value is -4.67. The van der Waals surface area contributed by atoms with Crippen LogP contribution in [0.15, 0.2) is 128 Å². The van der Waals surface area contributed by atoms with E-state index in [0.29, 0.717) is 5.88 Å². The zero-order valence-corrected chi connectivity index (χ0v) is 27.3. The first-order chi connectivity index (χ1) is 20.8. The van der Waals surface area contributed by atoms with Gasteiger partial charge in [-0.25, -0.2) is 9.55 Å². The van der Waals surface area contributed by atoms with Gasteiger partial charge in [0.05, 0.1) is 18.1 Å². The maximum atomic E-state index is 6.48. The predicted octanol–water partition coefficient (Wildman–Crippen LogP) is 8.67. The first-order valence-corrected chi connectivity index (χ1v) is 14.4. The molecule has 7 aromatic rings. The van der Waals surface area contributed by atoms with Gasteiger partial charge in [-0.05, 0) is 65.6 Å². The van der Waals surface area contributed by atoms with Gasteiger partial charge < -0.3 is 9.47 Å². The van der Waals surface area contributed by atoms with Gasteiger partial charge >= 0.3 is 26.9 Å². The van der Waals surface area contributed by atoms with Crippen molar-refractivity contribution >= 4 is 21.8 Å². The number of aromatic nitrogens is 4. The number of benzene rings is 4. The fourth-order valence-corrected chi connectivity index (χ4v) is 5.49. The smallest absolute Gasteiger partial charge is 0.457 e. The van der Waals surface area contributed by atoms with E-state index in [-0.39, 0.29) is 26.5 Å². The van der Waals surface area contributed by atoms with Crippen molar-refractivity contribution in [2.24, 2.45) is 7.05 Å². The van der Waals surface area contributed by atoms with Gasteiger partial charge in [-0.2, -0.15) is 4.57 Å². The zero-order valence-electron chi connectivity index (χ0n) is 25.0. The summed E-state index contributed by atoms with van der Waals surface area (Å²) in [7, 11) is 1.98. The summed E-state index contributed by atoms with van der Waals surface area (Å²) in [6.45, 7) is 6.67. The van der Waals surface area contributed by atoms with Gasteiger partial charge in [-0.3, -0.25) is 4.57 Å². The number of nitrogens with zero attached hydrogens (tertiary/aromatic N) is 4. The monoisotopic (exact) mass is 760 g/mol. The van der Waals surface area contributed by atoms with Crippen LogP contribution in [0.5, 0.6) is 23.1 Å². The van der Waals surface area contributed by atoms with Crippen molar-refractivity contribution in [1.82, 2.24) is 14.1 Å². The van der Waals surface area contributed by atoms with E-state index in [1.807, 2.05) is 95.6 Å². The molecule has 6 nitrogen and oxygen atoms in total. The molecular formula is C37H33N4O2Pt+3. The molecule has 0 saturated carbocycles. The third-order valence-electron chi connectivity index (χ3n) is 7.63. The second kappa shape index (κ2) is 11.8. The predicted molar refractivity (Wildman–Crippen MR) is 171 cm³/mol. The minimum absolute atomic E-state index is 0. The van der Waals surface area contributed by atoms with Gasteiger partial charge in [0, 0.05) is 29.1 Å². The van der Waals surface area contributed by atoms with Crippen molar-refractivity contribution in [2.75, 3.05) is 0 Å². The van der Waals surface area contributed by atoms with Gasteiger partial charge in [0.2, 0.25) is 0 Å². The second-order valence-corrected chi connectivity index (χ2v) is 11.8. The van der Waals surface area contributed by atoms with Crippen molar-refractivity contribution in [3.8, 4) is 34.6 Å². The van der Waals surface area contributed by atoms with Gasteiger partial charge in [0.25, 0.3) is 6.33 Å². The molecule has 0 aliphatic heterocycles. The average Bonchev–Trinajstić information content (AvgIpc) is 3.54. The number of pyridine rings is 1.